The number of sulfonamides is 1. The molecular weight excluding hydrogens is 435 g/mol. The van der Waals surface area contributed by atoms with Crippen LogP contribution in [-0.4, -0.2) is 30.7 Å². The molecule has 2 rings (SSSR count). The molecule has 0 spiro atoms. The van der Waals surface area contributed by atoms with E-state index in [2.05, 4.69) is 4.72 Å². The zero-order chi connectivity index (χ0) is 21.2. The van der Waals surface area contributed by atoms with Crippen molar-refractivity contribution >= 4 is 50.6 Å². The standard InChI is InChI=1S/C16H14Cl2N2O7S/c1-8(16(21)22)10-6-12(19-28(2,25)26)15(7-13(10)20(23)24)27-14-4-3-9(17)5-11(14)18/h3-8,19H,1-2H3,(H,21,22). The molecule has 1 atom stereocenters. The fraction of sp³-hybridized carbons (Fsp3) is 0.188. The smallest absolute Gasteiger partial charge is 0.310 e. The number of halogens is 2. The number of hydrogen-bond acceptors (Lipinski definition) is 6. The molecule has 0 saturated carbocycles. The maximum atomic E-state index is 11.7. The molecule has 2 aromatic rings. The summed E-state index contributed by atoms with van der Waals surface area (Å²) in [5, 5.41) is 21.1. The maximum Gasteiger partial charge on any atom is 0.310 e. The van der Waals surface area contributed by atoms with Gasteiger partial charge in [0.15, 0.2) is 5.75 Å². The number of benzene rings is 2. The lowest BCUT2D eigenvalue weighted by atomic mass is 9.98. The normalized spacial score (nSPS) is 12.3. The van der Waals surface area contributed by atoms with Crippen LogP contribution in [0.1, 0.15) is 18.4 Å². The van der Waals surface area contributed by atoms with Crippen LogP contribution in [0.3, 0.4) is 0 Å². The minimum atomic E-state index is -3.81. The Bertz CT molecular complexity index is 1060. The summed E-state index contributed by atoms with van der Waals surface area (Å²) in [5.41, 5.74) is -0.922. The van der Waals surface area contributed by atoms with Crippen LogP contribution in [-0.2, 0) is 14.8 Å². The van der Waals surface area contributed by atoms with Crippen LogP contribution in [0.5, 0.6) is 11.5 Å². The number of ether oxygens (including phenoxy) is 1. The van der Waals surface area contributed by atoms with Crippen molar-refractivity contribution in [2.75, 3.05) is 11.0 Å². The Morgan fingerprint density at radius 3 is 2.39 bits per heavy atom. The number of nitro benzene ring substituents is 1. The van der Waals surface area contributed by atoms with Gasteiger partial charge in [0.05, 0.1) is 33.9 Å². The van der Waals surface area contributed by atoms with Crippen LogP contribution in [0, 0.1) is 10.1 Å². The van der Waals surface area contributed by atoms with Gasteiger partial charge in [-0.3, -0.25) is 19.6 Å². The lowest BCUT2D eigenvalue weighted by Gasteiger charge is -2.16. The molecule has 0 radical (unpaired) electrons. The fourth-order valence-electron chi connectivity index (χ4n) is 2.26. The third-order valence-corrected chi connectivity index (χ3v) is 4.69. The van der Waals surface area contributed by atoms with Gasteiger partial charge < -0.3 is 9.84 Å². The molecule has 0 saturated heterocycles. The van der Waals surface area contributed by atoms with Crippen LogP contribution in [0.15, 0.2) is 30.3 Å². The summed E-state index contributed by atoms with van der Waals surface area (Å²) in [6, 6.07) is 6.22. The van der Waals surface area contributed by atoms with Crippen molar-refractivity contribution in [3.05, 3.63) is 56.1 Å². The van der Waals surface area contributed by atoms with Gasteiger partial charge in [0.25, 0.3) is 5.69 Å². The second-order valence-electron chi connectivity index (χ2n) is 5.78. The number of aliphatic carboxylic acids is 1. The van der Waals surface area contributed by atoms with Crippen LogP contribution in [0.25, 0.3) is 0 Å². The Balaban J connectivity index is 2.69. The van der Waals surface area contributed by atoms with Crippen molar-refractivity contribution in [2.45, 2.75) is 12.8 Å². The van der Waals surface area contributed by atoms with Gasteiger partial charge in [0.1, 0.15) is 5.75 Å². The first-order valence-electron chi connectivity index (χ1n) is 7.55. The summed E-state index contributed by atoms with van der Waals surface area (Å²) < 4.78 is 31.1. The van der Waals surface area contributed by atoms with Gasteiger partial charge in [0, 0.05) is 10.6 Å². The van der Waals surface area contributed by atoms with Gasteiger partial charge in [-0.25, -0.2) is 8.42 Å². The highest BCUT2D eigenvalue weighted by molar-refractivity contribution is 7.92. The van der Waals surface area contributed by atoms with Crippen molar-refractivity contribution in [1.82, 2.24) is 0 Å². The predicted octanol–water partition coefficient (Wildman–Crippen LogP) is 4.25. The maximum absolute atomic E-state index is 11.7. The number of carbonyl (C=O) groups is 1. The van der Waals surface area contributed by atoms with E-state index < -0.39 is 32.5 Å². The van der Waals surface area contributed by atoms with Crippen LogP contribution in [0.2, 0.25) is 10.0 Å². The van der Waals surface area contributed by atoms with E-state index in [1.54, 1.807) is 0 Å². The summed E-state index contributed by atoms with van der Waals surface area (Å²) in [4.78, 5) is 22.0. The van der Waals surface area contributed by atoms with Gasteiger partial charge in [-0.05, 0) is 31.2 Å². The zero-order valence-electron chi connectivity index (χ0n) is 14.5. The molecule has 0 bridgehead atoms. The van der Waals surface area contributed by atoms with Crippen LogP contribution >= 0.6 is 23.2 Å². The SMILES string of the molecule is CC(C(=O)O)c1cc(NS(C)(=O)=O)c(Oc2ccc(Cl)cc2Cl)cc1[N+](=O)[O-]. The second kappa shape index (κ2) is 8.21. The van der Waals surface area contributed by atoms with Gasteiger partial charge in [-0.1, -0.05) is 23.2 Å². The Labute approximate surface area is 170 Å². The van der Waals surface area contributed by atoms with Crippen molar-refractivity contribution in [3.63, 3.8) is 0 Å². The molecule has 0 aliphatic rings. The van der Waals surface area contributed by atoms with E-state index in [9.17, 15) is 28.4 Å². The number of carboxylic acid groups (broad SMARTS) is 1. The molecule has 0 aliphatic heterocycles. The Hall–Kier alpha value is -2.56. The van der Waals surface area contributed by atoms with Gasteiger partial charge in [-0.15, -0.1) is 0 Å². The highest BCUT2D eigenvalue weighted by Crippen LogP contribution is 2.41. The third kappa shape index (κ3) is 5.24. The highest BCUT2D eigenvalue weighted by Gasteiger charge is 2.28. The monoisotopic (exact) mass is 448 g/mol. The highest BCUT2D eigenvalue weighted by atomic mass is 35.5. The number of nitrogens with zero attached hydrogens (tertiary/aromatic N) is 1. The van der Waals surface area contributed by atoms with E-state index in [0.29, 0.717) is 5.02 Å². The Morgan fingerprint density at radius 1 is 1.25 bits per heavy atom. The minimum absolute atomic E-state index is 0.0657. The topological polar surface area (TPSA) is 136 Å². The molecule has 0 amide bonds. The summed E-state index contributed by atoms with van der Waals surface area (Å²) in [6.45, 7) is 1.24. The first kappa shape index (κ1) is 21.7. The molecule has 2 N–H and O–H groups in total. The summed E-state index contributed by atoms with van der Waals surface area (Å²) in [7, 11) is -3.81. The summed E-state index contributed by atoms with van der Waals surface area (Å²) in [6.07, 6.45) is 0.869. The quantitative estimate of drug-likeness (QED) is 0.476. The fourth-order valence-corrected chi connectivity index (χ4v) is 3.27. The molecule has 28 heavy (non-hydrogen) atoms. The Morgan fingerprint density at radius 2 is 1.89 bits per heavy atom. The first-order valence-corrected chi connectivity index (χ1v) is 10.2. The third-order valence-electron chi connectivity index (χ3n) is 3.57. The van der Waals surface area contributed by atoms with Crippen molar-refractivity contribution < 1.29 is 28.0 Å². The van der Waals surface area contributed by atoms with Crippen molar-refractivity contribution in [1.29, 1.82) is 0 Å². The van der Waals surface area contributed by atoms with E-state index in [1.807, 2.05) is 0 Å². The molecule has 12 heteroatoms. The van der Waals surface area contributed by atoms with E-state index in [-0.39, 0.29) is 27.8 Å². The second-order valence-corrected chi connectivity index (χ2v) is 8.37. The molecule has 1 unspecified atom stereocenters. The number of rotatable bonds is 7. The molecule has 2 aromatic carbocycles. The molecular formula is C16H14Cl2N2O7S. The molecule has 0 aromatic heterocycles. The van der Waals surface area contributed by atoms with Crippen LogP contribution in [0.4, 0.5) is 11.4 Å². The molecule has 9 nitrogen and oxygen atoms in total. The lowest BCUT2D eigenvalue weighted by molar-refractivity contribution is -0.385. The van der Waals surface area contributed by atoms with Gasteiger partial charge in [0.2, 0.25) is 10.0 Å². The number of anilines is 1. The summed E-state index contributed by atoms with van der Waals surface area (Å²) >= 11 is 11.8. The number of hydrogen-bond donors (Lipinski definition) is 2. The van der Waals surface area contributed by atoms with E-state index >= 15 is 0 Å². The summed E-state index contributed by atoms with van der Waals surface area (Å²) in [5.74, 6) is -2.75. The molecule has 0 heterocycles. The van der Waals surface area contributed by atoms with Gasteiger partial charge in [-0.2, -0.15) is 0 Å². The number of nitro groups is 1. The average molecular weight is 449 g/mol. The molecule has 0 fully saturated rings. The zero-order valence-corrected chi connectivity index (χ0v) is 16.8. The van der Waals surface area contributed by atoms with E-state index in [4.69, 9.17) is 27.9 Å². The largest absolute Gasteiger partial charge is 0.481 e. The first-order chi connectivity index (χ1) is 12.9. The average Bonchev–Trinajstić information content (AvgIpc) is 2.55. The van der Waals surface area contributed by atoms with E-state index in [0.717, 1.165) is 18.4 Å². The van der Waals surface area contributed by atoms with Crippen molar-refractivity contribution in [3.8, 4) is 11.5 Å². The molecule has 0 aliphatic carbocycles. The predicted molar refractivity (Wildman–Crippen MR) is 104 cm³/mol. The molecule has 150 valence electrons. The Kier molecular flexibility index (Phi) is 6.37. The minimum Gasteiger partial charge on any atom is -0.481 e. The van der Waals surface area contributed by atoms with Crippen LogP contribution < -0.4 is 9.46 Å². The van der Waals surface area contributed by atoms with E-state index in [1.165, 1.54) is 25.1 Å². The van der Waals surface area contributed by atoms with Gasteiger partial charge >= 0.3 is 5.97 Å². The number of nitrogens with one attached hydrogen (secondary N) is 1. The lowest BCUT2D eigenvalue weighted by Crippen LogP contribution is -2.14. The van der Waals surface area contributed by atoms with Crippen molar-refractivity contribution in [2.24, 2.45) is 0 Å². The number of carboxylic acids is 1.